The zero-order valence-electron chi connectivity index (χ0n) is 18.5. The van der Waals surface area contributed by atoms with Crippen molar-refractivity contribution in [3.63, 3.8) is 0 Å². The van der Waals surface area contributed by atoms with Crippen molar-refractivity contribution in [1.29, 1.82) is 0 Å². The number of likely N-dealkylation sites (tertiary alicyclic amines) is 1. The van der Waals surface area contributed by atoms with Crippen LogP contribution in [0.3, 0.4) is 0 Å². The van der Waals surface area contributed by atoms with Gasteiger partial charge in [0.25, 0.3) is 0 Å². The number of rotatable bonds is 9. The van der Waals surface area contributed by atoms with E-state index < -0.39 is 35.8 Å². The third-order valence-corrected chi connectivity index (χ3v) is 5.69. The van der Waals surface area contributed by atoms with E-state index in [4.69, 9.17) is 5.11 Å². The number of hydrogen-bond donors (Lipinski definition) is 2. The van der Waals surface area contributed by atoms with Crippen molar-refractivity contribution in [1.82, 2.24) is 15.1 Å². The largest absolute Gasteiger partial charge is 0.481 e. The second-order valence-corrected chi connectivity index (χ2v) is 8.27. The predicted molar refractivity (Wildman–Crippen MR) is 116 cm³/mol. The molecule has 0 aromatic heterocycles. The Bertz CT molecular complexity index is 777. The molecule has 1 aliphatic rings. The minimum absolute atomic E-state index is 0.125. The normalized spacial score (nSPS) is 16.7. The monoisotopic (exact) mass is 431 g/mol. The molecule has 0 spiro atoms. The van der Waals surface area contributed by atoms with Gasteiger partial charge in [0.1, 0.15) is 12.1 Å². The SMILES string of the molecule is C[C@H](NC(=O)[C@H](Cc1ccccc1)N(C)C(=O)[C@@H](C)CC(=O)O)C(=O)N1CCCCC1. The summed E-state index contributed by atoms with van der Waals surface area (Å²) in [5.74, 6) is -2.81. The minimum Gasteiger partial charge on any atom is -0.481 e. The summed E-state index contributed by atoms with van der Waals surface area (Å²) in [5, 5.41) is 11.8. The zero-order chi connectivity index (χ0) is 23.0. The highest BCUT2D eigenvalue weighted by Crippen LogP contribution is 2.15. The van der Waals surface area contributed by atoms with Crippen molar-refractivity contribution in [2.45, 2.75) is 58.0 Å². The summed E-state index contributed by atoms with van der Waals surface area (Å²) in [6.45, 7) is 4.57. The van der Waals surface area contributed by atoms with E-state index in [0.717, 1.165) is 24.8 Å². The quantitative estimate of drug-likeness (QED) is 0.619. The first kappa shape index (κ1) is 24.4. The second kappa shape index (κ2) is 11.5. The molecule has 8 heteroatoms. The molecule has 1 saturated heterocycles. The van der Waals surface area contributed by atoms with E-state index in [2.05, 4.69) is 5.32 Å². The van der Waals surface area contributed by atoms with Crippen LogP contribution in [0.25, 0.3) is 0 Å². The molecule has 2 N–H and O–H groups in total. The fourth-order valence-corrected chi connectivity index (χ4v) is 3.85. The Kier molecular flexibility index (Phi) is 9.03. The van der Waals surface area contributed by atoms with Crippen molar-refractivity contribution in [3.05, 3.63) is 35.9 Å². The van der Waals surface area contributed by atoms with Crippen LogP contribution < -0.4 is 5.32 Å². The van der Waals surface area contributed by atoms with Crippen molar-refractivity contribution in [2.75, 3.05) is 20.1 Å². The lowest BCUT2D eigenvalue weighted by atomic mass is 10.0. The summed E-state index contributed by atoms with van der Waals surface area (Å²) in [4.78, 5) is 52.7. The van der Waals surface area contributed by atoms with Gasteiger partial charge in [-0.25, -0.2) is 0 Å². The second-order valence-electron chi connectivity index (χ2n) is 8.27. The fraction of sp³-hybridized carbons (Fsp3) is 0.565. The molecule has 1 aromatic rings. The average molecular weight is 432 g/mol. The molecule has 2 rings (SSSR count). The Hall–Kier alpha value is -2.90. The Balaban J connectivity index is 2.14. The van der Waals surface area contributed by atoms with E-state index in [1.165, 1.54) is 18.9 Å². The first-order chi connectivity index (χ1) is 14.7. The van der Waals surface area contributed by atoms with Crippen LogP contribution in [-0.2, 0) is 25.6 Å². The lowest BCUT2D eigenvalue weighted by Crippen LogP contribution is -2.55. The zero-order valence-corrected chi connectivity index (χ0v) is 18.5. The van der Waals surface area contributed by atoms with E-state index in [1.807, 2.05) is 30.3 Å². The first-order valence-corrected chi connectivity index (χ1v) is 10.8. The number of hydrogen-bond acceptors (Lipinski definition) is 4. The lowest BCUT2D eigenvalue weighted by molar-refractivity contribution is -0.147. The van der Waals surface area contributed by atoms with Crippen LogP contribution in [0.1, 0.15) is 45.1 Å². The molecular weight excluding hydrogens is 398 g/mol. The number of likely N-dealkylation sites (N-methyl/N-ethyl adjacent to an activating group) is 1. The smallest absolute Gasteiger partial charge is 0.304 e. The number of carboxylic acid groups (broad SMARTS) is 1. The van der Waals surface area contributed by atoms with Gasteiger partial charge in [-0.15, -0.1) is 0 Å². The van der Waals surface area contributed by atoms with Crippen LogP contribution in [0, 0.1) is 5.92 Å². The number of benzene rings is 1. The summed E-state index contributed by atoms with van der Waals surface area (Å²) >= 11 is 0. The van der Waals surface area contributed by atoms with Gasteiger partial charge in [0.05, 0.1) is 6.42 Å². The molecule has 170 valence electrons. The summed E-state index contributed by atoms with van der Waals surface area (Å²) in [5.41, 5.74) is 0.864. The first-order valence-electron chi connectivity index (χ1n) is 10.8. The maximum atomic E-state index is 13.1. The van der Waals surface area contributed by atoms with E-state index in [1.54, 1.807) is 11.8 Å². The maximum absolute atomic E-state index is 13.1. The molecule has 0 radical (unpaired) electrons. The molecule has 1 aliphatic heterocycles. The predicted octanol–water partition coefficient (Wildman–Crippen LogP) is 1.68. The molecule has 0 aliphatic carbocycles. The Labute approximate surface area is 183 Å². The highest BCUT2D eigenvalue weighted by atomic mass is 16.4. The highest BCUT2D eigenvalue weighted by Gasteiger charge is 2.32. The van der Waals surface area contributed by atoms with Gasteiger partial charge in [0, 0.05) is 32.5 Å². The molecule has 0 unspecified atom stereocenters. The van der Waals surface area contributed by atoms with Crippen molar-refractivity contribution in [3.8, 4) is 0 Å². The average Bonchev–Trinajstić information content (AvgIpc) is 2.76. The van der Waals surface area contributed by atoms with E-state index in [0.29, 0.717) is 13.1 Å². The number of piperidine rings is 1. The van der Waals surface area contributed by atoms with Gasteiger partial charge >= 0.3 is 5.97 Å². The molecule has 31 heavy (non-hydrogen) atoms. The minimum atomic E-state index is -1.07. The third-order valence-electron chi connectivity index (χ3n) is 5.69. The van der Waals surface area contributed by atoms with Gasteiger partial charge in [0.2, 0.25) is 17.7 Å². The van der Waals surface area contributed by atoms with Crippen LogP contribution in [-0.4, -0.2) is 70.8 Å². The van der Waals surface area contributed by atoms with E-state index in [9.17, 15) is 19.2 Å². The summed E-state index contributed by atoms with van der Waals surface area (Å²) in [7, 11) is 1.50. The van der Waals surface area contributed by atoms with Gasteiger partial charge in [-0.2, -0.15) is 0 Å². The number of carbonyl (C=O) groups is 4. The number of nitrogens with zero attached hydrogens (tertiary/aromatic N) is 2. The van der Waals surface area contributed by atoms with Gasteiger partial charge in [-0.1, -0.05) is 37.3 Å². The Morgan fingerprint density at radius 3 is 2.26 bits per heavy atom. The molecule has 3 amide bonds. The molecule has 8 nitrogen and oxygen atoms in total. The summed E-state index contributed by atoms with van der Waals surface area (Å²) in [6, 6.07) is 7.72. The number of nitrogens with one attached hydrogen (secondary N) is 1. The maximum Gasteiger partial charge on any atom is 0.304 e. The van der Waals surface area contributed by atoms with Crippen molar-refractivity contribution < 1.29 is 24.3 Å². The number of carboxylic acids is 1. The van der Waals surface area contributed by atoms with Crippen molar-refractivity contribution >= 4 is 23.7 Å². The number of aliphatic carboxylic acids is 1. The van der Waals surface area contributed by atoms with Gasteiger partial charge in [0.15, 0.2) is 0 Å². The van der Waals surface area contributed by atoms with Crippen LogP contribution in [0.15, 0.2) is 30.3 Å². The Morgan fingerprint density at radius 1 is 1.06 bits per heavy atom. The lowest BCUT2D eigenvalue weighted by Gasteiger charge is -2.32. The fourth-order valence-electron chi connectivity index (χ4n) is 3.85. The molecule has 1 heterocycles. The van der Waals surface area contributed by atoms with Gasteiger partial charge < -0.3 is 20.2 Å². The van der Waals surface area contributed by atoms with Crippen LogP contribution in [0.5, 0.6) is 0 Å². The van der Waals surface area contributed by atoms with Gasteiger partial charge in [-0.05, 0) is 31.7 Å². The Morgan fingerprint density at radius 2 is 1.68 bits per heavy atom. The number of amides is 3. The molecular formula is C23H33N3O5. The third kappa shape index (κ3) is 7.08. The summed E-state index contributed by atoms with van der Waals surface area (Å²) in [6.07, 6.45) is 2.97. The van der Waals surface area contributed by atoms with Crippen LogP contribution in [0.4, 0.5) is 0 Å². The van der Waals surface area contributed by atoms with E-state index in [-0.39, 0.29) is 18.7 Å². The molecule has 1 aromatic carbocycles. The summed E-state index contributed by atoms with van der Waals surface area (Å²) < 4.78 is 0. The molecule has 0 bridgehead atoms. The standard InChI is InChI=1S/C23H33N3O5/c1-16(14-20(27)28)22(30)25(3)19(15-18-10-6-4-7-11-18)21(29)24-17(2)23(31)26-12-8-5-9-13-26/h4,6-7,10-11,16-17,19H,5,8-9,12-15H2,1-3H3,(H,24,29)(H,27,28)/t16-,17-,19-/m0/s1. The molecule has 1 fully saturated rings. The molecule has 0 saturated carbocycles. The number of carbonyl (C=O) groups excluding carboxylic acids is 3. The van der Waals surface area contributed by atoms with Crippen LogP contribution in [0.2, 0.25) is 0 Å². The van der Waals surface area contributed by atoms with Gasteiger partial charge in [-0.3, -0.25) is 19.2 Å². The molecule has 3 atom stereocenters. The highest BCUT2D eigenvalue weighted by molar-refractivity contribution is 5.93. The van der Waals surface area contributed by atoms with Crippen LogP contribution >= 0.6 is 0 Å². The topological polar surface area (TPSA) is 107 Å². The van der Waals surface area contributed by atoms with Crippen molar-refractivity contribution in [2.24, 2.45) is 5.92 Å². The van der Waals surface area contributed by atoms with E-state index >= 15 is 0 Å².